The van der Waals surface area contributed by atoms with Crippen molar-refractivity contribution < 1.29 is 9.84 Å². The van der Waals surface area contributed by atoms with Gasteiger partial charge in [0.1, 0.15) is 5.75 Å². The Hall–Kier alpha value is -0.770. The van der Waals surface area contributed by atoms with E-state index in [0.717, 1.165) is 11.3 Å². The van der Waals surface area contributed by atoms with Crippen LogP contribution in [0.5, 0.6) is 5.75 Å². The zero-order valence-electron chi connectivity index (χ0n) is 8.14. The summed E-state index contributed by atoms with van der Waals surface area (Å²) in [6.07, 6.45) is 0. The number of ether oxygens (including phenoxy) is 1. The summed E-state index contributed by atoms with van der Waals surface area (Å²) in [6.45, 7) is 2.56. The van der Waals surface area contributed by atoms with Crippen molar-refractivity contribution in [2.75, 3.05) is 13.2 Å². The van der Waals surface area contributed by atoms with Gasteiger partial charge >= 0.3 is 0 Å². The van der Waals surface area contributed by atoms with Crippen molar-refractivity contribution in [3.63, 3.8) is 0 Å². The van der Waals surface area contributed by atoms with Crippen LogP contribution < -0.4 is 10.5 Å². The van der Waals surface area contributed by atoms with E-state index in [2.05, 4.69) is 0 Å². The van der Waals surface area contributed by atoms with E-state index in [1.54, 1.807) is 0 Å². The van der Waals surface area contributed by atoms with Crippen LogP contribution in [0.25, 0.3) is 0 Å². The maximum absolute atomic E-state index is 8.80. The first-order valence-corrected chi connectivity index (χ1v) is 4.37. The van der Waals surface area contributed by atoms with Crippen molar-refractivity contribution in [2.45, 2.75) is 13.0 Å². The van der Waals surface area contributed by atoms with Gasteiger partial charge in [-0.25, -0.2) is 0 Å². The van der Waals surface area contributed by atoms with Gasteiger partial charge in [-0.15, -0.1) is 12.4 Å². The fourth-order valence-electron chi connectivity index (χ4n) is 1.08. The summed E-state index contributed by atoms with van der Waals surface area (Å²) in [6, 6.07) is 7.15. The number of halogens is 1. The predicted octanol–water partition coefficient (Wildman–Crippen LogP) is 1.50. The Morgan fingerprint density at radius 3 is 2.36 bits per heavy atom. The van der Waals surface area contributed by atoms with Crippen LogP contribution in [0.4, 0.5) is 0 Å². The second kappa shape index (κ2) is 6.65. The topological polar surface area (TPSA) is 55.5 Å². The van der Waals surface area contributed by atoms with Gasteiger partial charge in [0.05, 0.1) is 19.3 Å². The molecule has 0 aliphatic heterocycles. The number of rotatable bonds is 4. The van der Waals surface area contributed by atoms with Crippen LogP contribution in [0, 0.1) is 0 Å². The molecule has 0 amide bonds. The van der Waals surface area contributed by atoms with E-state index in [4.69, 9.17) is 15.6 Å². The van der Waals surface area contributed by atoms with Crippen LogP contribution in [0.3, 0.4) is 0 Å². The molecule has 1 aromatic carbocycles. The van der Waals surface area contributed by atoms with Gasteiger partial charge in [-0.3, -0.25) is 0 Å². The molecule has 0 radical (unpaired) electrons. The molecule has 1 atom stereocenters. The Balaban J connectivity index is 0.00000169. The first-order valence-electron chi connectivity index (χ1n) is 4.37. The van der Waals surface area contributed by atoms with Crippen molar-refractivity contribution in [3.05, 3.63) is 29.8 Å². The molecule has 3 nitrogen and oxygen atoms in total. The van der Waals surface area contributed by atoms with Gasteiger partial charge < -0.3 is 15.6 Å². The lowest BCUT2D eigenvalue weighted by Crippen LogP contribution is -2.14. The minimum Gasteiger partial charge on any atom is -0.494 e. The molecule has 1 aromatic rings. The summed E-state index contributed by atoms with van der Waals surface area (Å²) in [7, 11) is 0. The van der Waals surface area contributed by atoms with E-state index in [-0.39, 0.29) is 25.1 Å². The average molecular weight is 218 g/mol. The van der Waals surface area contributed by atoms with Crippen molar-refractivity contribution in [1.82, 2.24) is 0 Å². The first kappa shape index (κ1) is 13.2. The third-order valence-electron chi connectivity index (χ3n) is 1.82. The second-order valence-corrected chi connectivity index (χ2v) is 2.79. The van der Waals surface area contributed by atoms with Gasteiger partial charge in [0.25, 0.3) is 0 Å². The molecular formula is C10H16ClNO2. The summed E-state index contributed by atoms with van der Waals surface area (Å²) < 4.78 is 5.27. The molecule has 0 aromatic heterocycles. The van der Waals surface area contributed by atoms with Gasteiger partial charge in [0.2, 0.25) is 0 Å². The van der Waals surface area contributed by atoms with Crippen molar-refractivity contribution in [1.29, 1.82) is 0 Å². The number of aliphatic hydroxyl groups is 1. The van der Waals surface area contributed by atoms with E-state index < -0.39 is 0 Å². The smallest absolute Gasteiger partial charge is 0.119 e. The van der Waals surface area contributed by atoms with Crippen LogP contribution in [-0.4, -0.2) is 18.3 Å². The van der Waals surface area contributed by atoms with Crippen LogP contribution >= 0.6 is 12.4 Å². The number of hydrogen-bond donors (Lipinski definition) is 2. The van der Waals surface area contributed by atoms with Gasteiger partial charge in [0, 0.05) is 0 Å². The fraction of sp³-hybridized carbons (Fsp3) is 0.400. The minimum absolute atomic E-state index is 0. The molecule has 0 unspecified atom stereocenters. The Morgan fingerprint density at radius 1 is 1.36 bits per heavy atom. The van der Waals surface area contributed by atoms with E-state index in [1.165, 1.54) is 0 Å². The zero-order chi connectivity index (χ0) is 9.68. The predicted molar refractivity (Wildman–Crippen MR) is 58.9 cm³/mol. The molecule has 0 bridgehead atoms. The fourth-order valence-corrected chi connectivity index (χ4v) is 1.08. The highest BCUT2D eigenvalue weighted by atomic mass is 35.5. The SMILES string of the molecule is CCOc1ccc([C@@H](N)CO)cc1.Cl. The van der Waals surface area contributed by atoms with Crippen molar-refractivity contribution in [2.24, 2.45) is 5.73 Å². The summed E-state index contributed by atoms with van der Waals surface area (Å²) in [5.74, 6) is 0.830. The maximum atomic E-state index is 8.80. The van der Waals surface area contributed by atoms with Crippen LogP contribution in [-0.2, 0) is 0 Å². The highest BCUT2D eigenvalue weighted by Gasteiger charge is 2.03. The van der Waals surface area contributed by atoms with Crippen LogP contribution in [0.1, 0.15) is 18.5 Å². The normalized spacial score (nSPS) is 11.6. The molecular weight excluding hydrogens is 202 g/mol. The molecule has 0 saturated carbocycles. The third kappa shape index (κ3) is 3.54. The standard InChI is InChI=1S/C10H15NO2.ClH/c1-2-13-9-5-3-8(4-6-9)10(11)7-12;/h3-6,10,12H,2,7,11H2,1H3;1H/t10-;/m0./s1. The average Bonchev–Trinajstić information content (AvgIpc) is 2.18. The molecule has 0 spiro atoms. The Kier molecular flexibility index (Phi) is 6.28. The molecule has 0 fully saturated rings. The molecule has 0 aliphatic rings. The molecule has 4 heteroatoms. The summed E-state index contributed by atoms with van der Waals surface area (Å²) >= 11 is 0. The molecule has 3 N–H and O–H groups in total. The Labute approximate surface area is 90.3 Å². The molecule has 80 valence electrons. The van der Waals surface area contributed by atoms with E-state index in [1.807, 2.05) is 31.2 Å². The molecule has 14 heavy (non-hydrogen) atoms. The maximum Gasteiger partial charge on any atom is 0.119 e. The van der Waals surface area contributed by atoms with Crippen molar-refractivity contribution >= 4 is 12.4 Å². The van der Waals surface area contributed by atoms with Gasteiger partial charge in [-0.1, -0.05) is 12.1 Å². The highest BCUT2D eigenvalue weighted by molar-refractivity contribution is 5.85. The number of nitrogens with two attached hydrogens (primary N) is 1. The molecule has 0 heterocycles. The second-order valence-electron chi connectivity index (χ2n) is 2.79. The van der Waals surface area contributed by atoms with E-state index in [9.17, 15) is 0 Å². The molecule has 0 aliphatic carbocycles. The number of aliphatic hydroxyl groups excluding tert-OH is 1. The third-order valence-corrected chi connectivity index (χ3v) is 1.82. The summed E-state index contributed by atoms with van der Waals surface area (Å²) in [5, 5.41) is 8.80. The summed E-state index contributed by atoms with van der Waals surface area (Å²) in [5.41, 5.74) is 6.55. The Morgan fingerprint density at radius 2 is 1.93 bits per heavy atom. The number of benzene rings is 1. The largest absolute Gasteiger partial charge is 0.494 e. The lowest BCUT2D eigenvalue weighted by atomic mass is 10.1. The lowest BCUT2D eigenvalue weighted by molar-refractivity contribution is 0.268. The number of hydrogen-bond acceptors (Lipinski definition) is 3. The monoisotopic (exact) mass is 217 g/mol. The zero-order valence-corrected chi connectivity index (χ0v) is 8.96. The minimum atomic E-state index is -0.296. The van der Waals surface area contributed by atoms with E-state index >= 15 is 0 Å². The van der Waals surface area contributed by atoms with Crippen molar-refractivity contribution in [3.8, 4) is 5.75 Å². The first-order chi connectivity index (χ1) is 6.27. The lowest BCUT2D eigenvalue weighted by Gasteiger charge is -2.09. The molecule has 1 rings (SSSR count). The van der Waals surface area contributed by atoms with Gasteiger partial charge in [0.15, 0.2) is 0 Å². The molecule has 0 saturated heterocycles. The van der Waals surface area contributed by atoms with Crippen LogP contribution in [0.2, 0.25) is 0 Å². The van der Waals surface area contributed by atoms with Gasteiger partial charge in [-0.2, -0.15) is 0 Å². The van der Waals surface area contributed by atoms with Crippen LogP contribution in [0.15, 0.2) is 24.3 Å². The van der Waals surface area contributed by atoms with Gasteiger partial charge in [-0.05, 0) is 24.6 Å². The quantitative estimate of drug-likeness (QED) is 0.804. The Bertz CT molecular complexity index is 251. The summed E-state index contributed by atoms with van der Waals surface area (Å²) in [4.78, 5) is 0. The van der Waals surface area contributed by atoms with E-state index in [0.29, 0.717) is 6.61 Å². The highest BCUT2D eigenvalue weighted by Crippen LogP contribution is 2.15.